The lowest BCUT2D eigenvalue weighted by atomic mass is 10.1. The molecule has 1 aromatic carbocycles. The van der Waals surface area contributed by atoms with Crippen molar-refractivity contribution in [2.24, 2.45) is 7.05 Å². The molecule has 12 nitrogen and oxygen atoms in total. The molecule has 3 amide bonds. The molecular formula is C27H37BrN6O6. The van der Waals surface area contributed by atoms with Gasteiger partial charge in [-0.2, -0.15) is 4.90 Å². The van der Waals surface area contributed by atoms with Crippen LogP contribution in [0, 0.1) is 0 Å². The van der Waals surface area contributed by atoms with E-state index in [-0.39, 0.29) is 23.0 Å². The van der Waals surface area contributed by atoms with Crippen LogP contribution in [0.4, 0.5) is 26.8 Å². The Kier molecular flexibility index (Phi) is 9.30. The number of imide groups is 1. The van der Waals surface area contributed by atoms with Crippen LogP contribution >= 0.6 is 15.9 Å². The normalized spacial score (nSPS) is 14.5. The summed E-state index contributed by atoms with van der Waals surface area (Å²) in [5, 5.41) is 2.94. The molecule has 2 aromatic rings. The standard InChI is InChI=1S/C27H37BrN6O6/c1-26(2,3)39-24(37)34(25(38)40-27(4,5)6)19-15-17(29-21-23(36)32(8)16-20(28)30-21)9-10-18(19)22(35)33-13-11-31(7)12-14-33/h9-10,15-16H,11-14H2,1-8H3,(H,29,30). The zero-order valence-electron chi connectivity index (χ0n) is 24.2. The second-order valence-corrected chi connectivity index (χ2v) is 12.4. The zero-order chi connectivity index (χ0) is 30.0. The van der Waals surface area contributed by atoms with Gasteiger partial charge in [-0.3, -0.25) is 9.59 Å². The average molecular weight is 622 g/mol. The molecule has 218 valence electrons. The Morgan fingerprint density at radius 1 is 0.950 bits per heavy atom. The molecule has 13 heteroatoms. The third-order valence-electron chi connectivity index (χ3n) is 5.72. The number of aromatic nitrogens is 2. The molecule has 0 bridgehead atoms. The van der Waals surface area contributed by atoms with Crippen LogP contribution in [-0.4, -0.2) is 81.9 Å². The maximum Gasteiger partial charge on any atom is 0.424 e. The van der Waals surface area contributed by atoms with Gasteiger partial charge in [0, 0.05) is 45.1 Å². The monoisotopic (exact) mass is 620 g/mol. The lowest BCUT2D eigenvalue weighted by Crippen LogP contribution is -2.48. The van der Waals surface area contributed by atoms with E-state index in [9.17, 15) is 19.2 Å². The van der Waals surface area contributed by atoms with Crippen molar-refractivity contribution in [1.82, 2.24) is 19.4 Å². The van der Waals surface area contributed by atoms with Crippen LogP contribution in [0.15, 0.2) is 33.8 Å². The molecule has 0 atom stereocenters. The van der Waals surface area contributed by atoms with Crippen LogP contribution in [0.3, 0.4) is 0 Å². The highest BCUT2D eigenvalue weighted by molar-refractivity contribution is 9.10. The lowest BCUT2D eigenvalue weighted by molar-refractivity contribution is 0.0430. The quantitative estimate of drug-likeness (QED) is 0.530. The van der Waals surface area contributed by atoms with Crippen LogP contribution in [0.5, 0.6) is 0 Å². The number of anilines is 3. The second kappa shape index (κ2) is 12.0. The minimum absolute atomic E-state index is 0.00190. The van der Waals surface area contributed by atoms with Gasteiger partial charge >= 0.3 is 12.2 Å². The van der Waals surface area contributed by atoms with Gasteiger partial charge in [-0.1, -0.05) is 0 Å². The van der Waals surface area contributed by atoms with Gasteiger partial charge in [0.05, 0.1) is 11.3 Å². The molecule has 1 N–H and O–H groups in total. The van der Waals surface area contributed by atoms with Crippen molar-refractivity contribution in [2.75, 3.05) is 43.4 Å². The lowest BCUT2D eigenvalue weighted by Gasteiger charge is -2.34. The number of piperazine rings is 1. The fourth-order valence-corrected chi connectivity index (χ4v) is 4.31. The predicted octanol–water partition coefficient (Wildman–Crippen LogP) is 4.35. The van der Waals surface area contributed by atoms with Gasteiger partial charge in [-0.05, 0) is 82.7 Å². The highest BCUT2D eigenvalue weighted by Gasteiger charge is 2.36. The Morgan fingerprint density at radius 2 is 1.50 bits per heavy atom. The smallest absolute Gasteiger partial charge is 0.424 e. The van der Waals surface area contributed by atoms with Gasteiger partial charge in [0.1, 0.15) is 15.8 Å². The van der Waals surface area contributed by atoms with Crippen molar-refractivity contribution >= 4 is 51.2 Å². The summed E-state index contributed by atoms with van der Waals surface area (Å²) in [6.45, 7) is 12.3. The first-order valence-corrected chi connectivity index (χ1v) is 13.6. The number of benzene rings is 1. The van der Waals surface area contributed by atoms with Crippen LogP contribution < -0.4 is 15.8 Å². The highest BCUT2D eigenvalue weighted by atomic mass is 79.9. The molecule has 1 saturated heterocycles. The molecule has 0 unspecified atom stereocenters. The molecule has 1 fully saturated rings. The molecule has 3 rings (SSSR count). The second-order valence-electron chi connectivity index (χ2n) is 11.6. The number of nitrogens with zero attached hydrogens (tertiary/aromatic N) is 5. The molecule has 40 heavy (non-hydrogen) atoms. The summed E-state index contributed by atoms with van der Waals surface area (Å²) < 4.78 is 12.9. The summed E-state index contributed by atoms with van der Waals surface area (Å²) in [4.78, 5) is 62.1. The van der Waals surface area contributed by atoms with Gasteiger partial charge in [0.15, 0.2) is 5.82 Å². The topological polar surface area (TPSA) is 126 Å². The van der Waals surface area contributed by atoms with Gasteiger partial charge in [0.25, 0.3) is 11.5 Å². The summed E-state index contributed by atoms with van der Waals surface area (Å²) in [6.07, 6.45) is -0.505. The van der Waals surface area contributed by atoms with Gasteiger partial charge in [-0.25, -0.2) is 14.6 Å². The number of amides is 3. The summed E-state index contributed by atoms with van der Waals surface area (Å²) in [5.74, 6) is -0.356. The maximum absolute atomic E-state index is 13.7. The van der Waals surface area contributed by atoms with Crippen molar-refractivity contribution < 1.29 is 23.9 Å². The highest BCUT2D eigenvalue weighted by Crippen LogP contribution is 2.31. The number of carbonyl (C=O) groups is 3. The number of carbonyl (C=O) groups excluding carboxylic acids is 3. The Balaban J connectivity index is 2.17. The number of halogens is 1. The van der Waals surface area contributed by atoms with E-state index in [1.807, 2.05) is 7.05 Å². The first-order valence-electron chi connectivity index (χ1n) is 12.8. The van der Waals surface area contributed by atoms with Crippen LogP contribution in [-0.2, 0) is 16.5 Å². The fraction of sp³-hybridized carbons (Fsp3) is 0.519. The van der Waals surface area contributed by atoms with Gasteiger partial charge in [0.2, 0.25) is 0 Å². The average Bonchev–Trinajstić information content (AvgIpc) is 2.80. The maximum atomic E-state index is 13.7. The first kappa shape index (κ1) is 31.1. The van der Waals surface area contributed by atoms with Crippen LogP contribution in [0.1, 0.15) is 51.9 Å². The third-order valence-corrected chi connectivity index (χ3v) is 6.10. The first-order chi connectivity index (χ1) is 18.4. The zero-order valence-corrected chi connectivity index (χ0v) is 25.8. The van der Waals surface area contributed by atoms with E-state index in [4.69, 9.17) is 9.47 Å². The largest absolute Gasteiger partial charge is 0.443 e. The van der Waals surface area contributed by atoms with Crippen molar-refractivity contribution in [3.05, 3.63) is 44.9 Å². The molecule has 1 aromatic heterocycles. The summed E-state index contributed by atoms with van der Waals surface area (Å²) in [5.41, 5.74) is -1.93. The van der Waals surface area contributed by atoms with Crippen molar-refractivity contribution in [3.8, 4) is 0 Å². The molecule has 2 heterocycles. The molecule has 0 radical (unpaired) electrons. The Bertz CT molecular complexity index is 1310. The van der Waals surface area contributed by atoms with E-state index in [1.165, 1.54) is 22.9 Å². The van der Waals surface area contributed by atoms with E-state index >= 15 is 0 Å². The van der Waals surface area contributed by atoms with Crippen molar-refractivity contribution in [2.45, 2.75) is 52.7 Å². The third kappa shape index (κ3) is 8.04. The Morgan fingerprint density at radius 3 is 2.02 bits per heavy atom. The molecule has 1 aliphatic rings. The summed E-state index contributed by atoms with van der Waals surface area (Å²) >= 11 is 3.28. The fourth-order valence-electron chi connectivity index (χ4n) is 3.83. The Labute approximate surface area is 242 Å². The van der Waals surface area contributed by atoms with Crippen LogP contribution in [0.25, 0.3) is 0 Å². The Hall–Kier alpha value is -3.45. The summed E-state index contributed by atoms with van der Waals surface area (Å²) in [6, 6.07) is 4.51. The van der Waals surface area contributed by atoms with E-state index in [0.717, 1.165) is 4.90 Å². The van der Waals surface area contributed by atoms with Gasteiger partial charge in [-0.15, -0.1) is 0 Å². The predicted molar refractivity (Wildman–Crippen MR) is 155 cm³/mol. The van der Waals surface area contributed by atoms with Gasteiger partial charge < -0.3 is 29.2 Å². The SMILES string of the molecule is CN1CCN(C(=O)c2ccc(Nc3nc(Br)cn(C)c3=O)cc2N(C(=O)OC(C)(C)C)C(=O)OC(C)(C)C)CC1. The number of likely N-dealkylation sites (N-methyl/N-ethyl adjacent to an activating group) is 1. The summed E-state index contributed by atoms with van der Waals surface area (Å²) in [7, 11) is 3.55. The van der Waals surface area contributed by atoms with E-state index in [1.54, 1.807) is 59.6 Å². The minimum Gasteiger partial charge on any atom is -0.443 e. The molecular weight excluding hydrogens is 584 g/mol. The minimum atomic E-state index is -1.01. The molecule has 0 saturated carbocycles. The van der Waals surface area contributed by atoms with Crippen molar-refractivity contribution in [3.63, 3.8) is 0 Å². The number of aryl methyl sites for hydroxylation is 1. The van der Waals surface area contributed by atoms with Crippen LogP contribution in [0.2, 0.25) is 0 Å². The van der Waals surface area contributed by atoms with E-state index in [2.05, 4.69) is 31.1 Å². The number of hydrogen-bond donors (Lipinski definition) is 1. The number of nitrogens with one attached hydrogen (secondary N) is 1. The molecule has 1 aliphatic heterocycles. The number of rotatable bonds is 4. The number of hydrogen-bond acceptors (Lipinski definition) is 9. The van der Waals surface area contributed by atoms with E-state index in [0.29, 0.717) is 36.5 Å². The van der Waals surface area contributed by atoms with E-state index < -0.39 is 28.9 Å². The number of ether oxygens (including phenoxy) is 2. The molecule has 0 spiro atoms. The molecule has 0 aliphatic carbocycles. The van der Waals surface area contributed by atoms with Crippen molar-refractivity contribution in [1.29, 1.82) is 0 Å².